The highest BCUT2D eigenvalue weighted by Gasteiger charge is 2.48. The second-order valence-corrected chi connectivity index (χ2v) is 4.97. The molecule has 0 radical (unpaired) electrons. The van der Waals surface area contributed by atoms with Crippen LogP contribution >= 0.6 is 0 Å². The molecule has 0 aromatic heterocycles. The van der Waals surface area contributed by atoms with Crippen LogP contribution in [-0.4, -0.2) is 45.6 Å². The Morgan fingerprint density at radius 3 is 2.15 bits per heavy atom. The zero-order valence-electron chi connectivity index (χ0n) is 12.3. The third-order valence-electron chi connectivity index (χ3n) is 3.18. The van der Waals surface area contributed by atoms with Crippen molar-refractivity contribution in [3.05, 3.63) is 0 Å². The van der Waals surface area contributed by atoms with Gasteiger partial charge in [0.05, 0.1) is 6.61 Å². The fraction of sp³-hybridized carbons (Fsp3) is 0.857. The van der Waals surface area contributed by atoms with Crippen molar-refractivity contribution >= 4 is 11.9 Å². The number of carboxylic acid groups (broad SMARTS) is 1. The Labute approximate surface area is 119 Å². The highest BCUT2D eigenvalue weighted by Crippen LogP contribution is 2.22. The quantitative estimate of drug-likeness (QED) is 0.393. The van der Waals surface area contributed by atoms with Gasteiger partial charge < -0.3 is 20.1 Å². The van der Waals surface area contributed by atoms with Crippen LogP contribution in [0.1, 0.15) is 58.8 Å². The van der Waals surface area contributed by atoms with Crippen molar-refractivity contribution in [1.82, 2.24) is 0 Å². The van der Waals surface area contributed by atoms with Crippen molar-refractivity contribution in [3.63, 3.8) is 0 Å². The molecule has 0 amide bonds. The summed E-state index contributed by atoms with van der Waals surface area (Å²) in [6.45, 7) is 4.06. The SMILES string of the molecule is CCCCCOC(=O)C(O)(CCCCC)C(O)C(=O)O. The van der Waals surface area contributed by atoms with Crippen LogP contribution in [0, 0.1) is 0 Å². The number of aliphatic carboxylic acids is 1. The molecule has 6 nitrogen and oxygen atoms in total. The molecule has 0 aromatic rings. The molecule has 2 atom stereocenters. The fourth-order valence-corrected chi connectivity index (χ4v) is 1.84. The minimum atomic E-state index is -2.37. The predicted octanol–water partition coefficient (Wildman–Crippen LogP) is 1.48. The zero-order chi connectivity index (χ0) is 15.6. The molecule has 0 saturated heterocycles. The average molecular weight is 290 g/mol. The first-order chi connectivity index (χ1) is 9.40. The molecule has 3 N–H and O–H groups in total. The van der Waals surface area contributed by atoms with Crippen molar-refractivity contribution in [3.8, 4) is 0 Å². The summed E-state index contributed by atoms with van der Waals surface area (Å²) < 4.78 is 4.90. The summed E-state index contributed by atoms with van der Waals surface area (Å²) in [4.78, 5) is 22.7. The Bertz CT molecular complexity index is 304. The molecular weight excluding hydrogens is 264 g/mol. The molecule has 0 spiro atoms. The van der Waals surface area contributed by atoms with Crippen LogP contribution in [-0.2, 0) is 14.3 Å². The van der Waals surface area contributed by atoms with Gasteiger partial charge in [-0.25, -0.2) is 9.59 Å². The lowest BCUT2D eigenvalue weighted by Crippen LogP contribution is -2.54. The Balaban J connectivity index is 4.64. The molecule has 0 bridgehead atoms. The van der Waals surface area contributed by atoms with E-state index >= 15 is 0 Å². The largest absolute Gasteiger partial charge is 0.479 e. The van der Waals surface area contributed by atoms with Gasteiger partial charge in [0.1, 0.15) is 0 Å². The van der Waals surface area contributed by atoms with Crippen molar-refractivity contribution in [2.75, 3.05) is 6.61 Å². The van der Waals surface area contributed by atoms with E-state index in [1.807, 2.05) is 13.8 Å². The number of aliphatic hydroxyl groups excluding tert-OH is 1. The van der Waals surface area contributed by atoms with Crippen LogP contribution in [0.4, 0.5) is 0 Å². The van der Waals surface area contributed by atoms with Gasteiger partial charge in [0.2, 0.25) is 0 Å². The number of hydrogen-bond acceptors (Lipinski definition) is 5. The van der Waals surface area contributed by atoms with Crippen molar-refractivity contribution in [2.24, 2.45) is 0 Å². The lowest BCUT2D eigenvalue weighted by molar-refractivity contribution is -0.189. The van der Waals surface area contributed by atoms with Crippen molar-refractivity contribution in [1.29, 1.82) is 0 Å². The Hall–Kier alpha value is -1.14. The first-order valence-corrected chi connectivity index (χ1v) is 7.20. The van der Waals surface area contributed by atoms with Gasteiger partial charge in [0.15, 0.2) is 11.7 Å². The number of aliphatic hydroxyl groups is 2. The van der Waals surface area contributed by atoms with Crippen LogP contribution in [0.3, 0.4) is 0 Å². The molecule has 0 aliphatic rings. The van der Waals surface area contributed by atoms with Crippen LogP contribution < -0.4 is 0 Å². The number of hydrogen-bond donors (Lipinski definition) is 3. The van der Waals surface area contributed by atoms with E-state index in [1.165, 1.54) is 0 Å². The molecule has 20 heavy (non-hydrogen) atoms. The van der Waals surface area contributed by atoms with Gasteiger partial charge in [-0.1, -0.05) is 39.5 Å². The standard InChI is InChI=1S/C14H26O6/c1-3-5-7-9-14(19,11(15)12(16)17)13(18)20-10-8-6-4-2/h11,15,19H,3-10H2,1-2H3,(H,16,17). The second-order valence-electron chi connectivity index (χ2n) is 4.97. The third-order valence-corrected chi connectivity index (χ3v) is 3.18. The minimum Gasteiger partial charge on any atom is -0.479 e. The van der Waals surface area contributed by atoms with Crippen LogP contribution in [0.2, 0.25) is 0 Å². The number of carbonyl (C=O) groups is 2. The number of rotatable bonds is 11. The normalized spacial score (nSPS) is 15.4. The number of carbonyl (C=O) groups excluding carboxylic acids is 1. The molecule has 0 aliphatic heterocycles. The summed E-state index contributed by atoms with van der Waals surface area (Å²) in [6.07, 6.45) is 2.22. The van der Waals surface area contributed by atoms with Gasteiger partial charge in [0.25, 0.3) is 0 Å². The van der Waals surface area contributed by atoms with Crippen LogP contribution in [0.15, 0.2) is 0 Å². The molecule has 0 aromatic carbocycles. The summed E-state index contributed by atoms with van der Waals surface area (Å²) in [5.41, 5.74) is -2.37. The number of ether oxygens (including phenoxy) is 1. The Morgan fingerprint density at radius 1 is 1.10 bits per heavy atom. The van der Waals surface area contributed by atoms with E-state index < -0.39 is 23.6 Å². The van der Waals surface area contributed by atoms with Crippen molar-refractivity contribution < 1.29 is 29.6 Å². The second kappa shape index (κ2) is 9.72. The summed E-state index contributed by atoms with van der Waals surface area (Å²) in [5, 5.41) is 28.6. The van der Waals surface area contributed by atoms with Gasteiger partial charge in [-0.3, -0.25) is 0 Å². The topological polar surface area (TPSA) is 104 Å². The molecule has 118 valence electrons. The molecular formula is C14H26O6. The molecule has 0 fully saturated rings. The summed E-state index contributed by atoms with van der Waals surface area (Å²) in [6, 6.07) is 0. The maximum atomic E-state index is 11.9. The van der Waals surface area contributed by atoms with E-state index in [0.717, 1.165) is 25.7 Å². The third kappa shape index (κ3) is 5.88. The molecule has 6 heteroatoms. The van der Waals surface area contributed by atoms with Gasteiger partial charge >= 0.3 is 11.9 Å². The molecule has 0 heterocycles. The Kier molecular flexibility index (Phi) is 9.16. The van der Waals surface area contributed by atoms with E-state index in [1.54, 1.807) is 0 Å². The smallest absolute Gasteiger partial charge is 0.341 e. The molecule has 2 unspecified atom stereocenters. The predicted molar refractivity (Wildman–Crippen MR) is 73.2 cm³/mol. The lowest BCUT2D eigenvalue weighted by atomic mass is 9.90. The van der Waals surface area contributed by atoms with Crippen LogP contribution in [0.25, 0.3) is 0 Å². The summed E-state index contributed by atoms with van der Waals surface area (Å²) in [7, 11) is 0. The molecule has 0 saturated carbocycles. The first-order valence-electron chi connectivity index (χ1n) is 7.20. The Morgan fingerprint density at radius 2 is 1.65 bits per heavy atom. The van der Waals surface area contributed by atoms with Gasteiger partial charge in [-0.2, -0.15) is 0 Å². The minimum absolute atomic E-state index is 0.120. The highest BCUT2D eigenvalue weighted by atomic mass is 16.6. The van der Waals surface area contributed by atoms with Gasteiger partial charge in [-0.15, -0.1) is 0 Å². The van der Waals surface area contributed by atoms with E-state index in [9.17, 15) is 19.8 Å². The maximum Gasteiger partial charge on any atom is 0.341 e. The maximum absolute atomic E-state index is 11.9. The van der Waals surface area contributed by atoms with E-state index in [0.29, 0.717) is 12.8 Å². The summed E-state index contributed by atoms with van der Waals surface area (Å²) >= 11 is 0. The number of esters is 1. The average Bonchev–Trinajstić information content (AvgIpc) is 2.42. The van der Waals surface area contributed by atoms with E-state index in [-0.39, 0.29) is 13.0 Å². The van der Waals surface area contributed by atoms with E-state index in [4.69, 9.17) is 9.84 Å². The van der Waals surface area contributed by atoms with E-state index in [2.05, 4.69) is 0 Å². The highest BCUT2D eigenvalue weighted by molar-refractivity contribution is 5.88. The van der Waals surface area contributed by atoms with Crippen molar-refractivity contribution in [2.45, 2.75) is 70.5 Å². The fourth-order valence-electron chi connectivity index (χ4n) is 1.84. The first kappa shape index (κ1) is 18.9. The summed E-state index contributed by atoms with van der Waals surface area (Å²) in [5.74, 6) is -2.69. The number of carboxylic acids is 1. The molecule has 0 rings (SSSR count). The van der Waals surface area contributed by atoms with Gasteiger partial charge in [0, 0.05) is 0 Å². The monoisotopic (exact) mass is 290 g/mol. The van der Waals surface area contributed by atoms with Gasteiger partial charge in [-0.05, 0) is 19.3 Å². The molecule has 0 aliphatic carbocycles. The lowest BCUT2D eigenvalue weighted by Gasteiger charge is -2.28. The van der Waals surface area contributed by atoms with Crippen LogP contribution in [0.5, 0.6) is 0 Å². The zero-order valence-corrected chi connectivity index (χ0v) is 12.3. The number of unbranched alkanes of at least 4 members (excludes halogenated alkanes) is 4.